The molecule has 1 aromatic heterocycles. The molecule has 1 aliphatic rings. The second-order valence-corrected chi connectivity index (χ2v) is 9.82. The predicted molar refractivity (Wildman–Crippen MR) is 139 cm³/mol. The average molecular weight is 496 g/mol. The molecule has 3 rings (SSSR count). The fourth-order valence-corrected chi connectivity index (χ4v) is 4.72. The Labute approximate surface area is 212 Å². The maximum absolute atomic E-state index is 13.3. The van der Waals surface area contributed by atoms with Gasteiger partial charge in [0.05, 0.1) is 18.2 Å². The number of aromatic amines is 1. The lowest BCUT2D eigenvalue weighted by molar-refractivity contribution is -0.139. The molecule has 2 heterocycles. The minimum atomic E-state index is -0.729. The number of likely N-dealkylation sites (tertiary alicyclic amines) is 1. The standard InChI is InChI=1S/C28H37N3O5/c1-8-36-28(35)23-17(4)21(18(5)29-23)25(32)22-24(20-12-10-19(11-13-20)16(2)3)31(27(34)26(22)33)15-9-14-30(6)7/h10-13,16,24,29,32H,8-9,14-15H2,1-7H3/t24-/m0/s1. The highest BCUT2D eigenvalue weighted by Crippen LogP contribution is 2.41. The highest BCUT2D eigenvalue weighted by atomic mass is 16.5. The number of carbonyl (C=O) groups excluding carboxylic acids is 3. The van der Waals surface area contributed by atoms with E-state index in [9.17, 15) is 19.5 Å². The van der Waals surface area contributed by atoms with E-state index in [-0.39, 0.29) is 23.6 Å². The maximum Gasteiger partial charge on any atom is 0.355 e. The summed E-state index contributed by atoms with van der Waals surface area (Å²) in [5.74, 6) is -1.86. The summed E-state index contributed by atoms with van der Waals surface area (Å²) in [4.78, 5) is 45.5. The predicted octanol–water partition coefficient (Wildman–Crippen LogP) is 4.31. The van der Waals surface area contributed by atoms with E-state index < -0.39 is 23.7 Å². The number of hydrogen-bond acceptors (Lipinski definition) is 6. The van der Waals surface area contributed by atoms with Gasteiger partial charge in [-0.2, -0.15) is 0 Å². The van der Waals surface area contributed by atoms with Crippen LogP contribution in [0.15, 0.2) is 29.8 Å². The molecule has 8 nitrogen and oxygen atoms in total. The number of ketones is 1. The lowest BCUT2D eigenvalue weighted by atomic mass is 9.92. The van der Waals surface area contributed by atoms with Crippen LogP contribution in [0.1, 0.15) is 77.6 Å². The molecule has 1 amide bonds. The molecular weight excluding hydrogens is 458 g/mol. The van der Waals surface area contributed by atoms with Crippen LogP contribution in [0.25, 0.3) is 5.76 Å². The van der Waals surface area contributed by atoms with Gasteiger partial charge in [-0.25, -0.2) is 4.79 Å². The van der Waals surface area contributed by atoms with Crippen LogP contribution in [0.5, 0.6) is 0 Å². The molecule has 0 spiro atoms. The first-order valence-corrected chi connectivity index (χ1v) is 12.4. The van der Waals surface area contributed by atoms with Crippen LogP contribution in [0, 0.1) is 13.8 Å². The minimum Gasteiger partial charge on any atom is -0.507 e. The van der Waals surface area contributed by atoms with Crippen molar-refractivity contribution in [1.82, 2.24) is 14.8 Å². The Morgan fingerprint density at radius 2 is 1.81 bits per heavy atom. The van der Waals surface area contributed by atoms with Crippen molar-refractivity contribution < 1.29 is 24.2 Å². The van der Waals surface area contributed by atoms with E-state index >= 15 is 0 Å². The maximum atomic E-state index is 13.3. The van der Waals surface area contributed by atoms with Crippen molar-refractivity contribution in [1.29, 1.82) is 0 Å². The van der Waals surface area contributed by atoms with Crippen LogP contribution in [-0.4, -0.2) is 71.3 Å². The zero-order valence-corrected chi connectivity index (χ0v) is 22.3. The first-order chi connectivity index (χ1) is 17.0. The third kappa shape index (κ3) is 5.23. The summed E-state index contributed by atoms with van der Waals surface area (Å²) in [6.45, 7) is 10.6. The molecule has 0 radical (unpaired) electrons. The normalized spacial score (nSPS) is 17.5. The number of hydrogen-bond donors (Lipinski definition) is 2. The fourth-order valence-electron chi connectivity index (χ4n) is 4.72. The van der Waals surface area contributed by atoms with Crippen molar-refractivity contribution in [3.8, 4) is 0 Å². The summed E-state index contributed by atoms with van der Waals surface area (Å²) in [5.41, 5.74) is 3.46. The van der Waals surface area contributed by atoms with Crippen molar-refractivity contribution >= 4 is 23.4 Å². The number of aryl methyl sites for hydroxylation is 1. The molecule has 1 saturated heterocycles. The van der Waals surface area contributed by atoms with Crippen molar-refractivity contribution in [2.24, 2.45) is 0 Å². The highest BCUT2D eigenvalue weighted by Gasteiger charge is 2.46. The second-order valence-electron chi connectivity index (χ2n) is 9.82. The zero-order chi connectivity index (χ0) is 26.7. The smallest absolute Gasteiger partial charge is 0.355 e. The van der Waals surface area contributed by atoms with Crippen LogP contribution >= 0.6 is 0 Å². The van der Waals surface area contributed by atoms with Gasteiger partial charge in [0, 0.05) is 17.8 Å². The van der Waals surface area contributed by atoms with E-state index in [2.05, 4.69) is 18.8 Å². The fraction of sp³-hybridized carbons (Fsp3) is 0.464. The van der Waals surface area contributed by atoms with Gasteiger partial charge in [-0.05, 0) is 70.4 Å². The Morgan fingerprint density at radius 1 is 1.17 bits per heavy atom. The number of H-pyrrole nitrogens is 1. The summed E-state index contributed by atoms with van der Waals surface area (Å²) < 4.78 is 5.12. The molecule has 0 saturated carbocycles. The lowest BCUT2D eigenvalue weighted by Crippen LogP contribution is -2.32. The summed E-state index contributed by atoms with van der Waals surface area (Å²) >= 11 is 0. The molecule has 8 heteroatoms. The van der Waals surface area contributed by atoms with Crippen molar-refractivity contribution in [2.45, 2.75) is 53.0 Å². The number of ether oxygens (including phenoxy) is 1. The van der Waals surface area contributed by atoms with Gasteiger partial charge >= 0.3 is 5.97 Å². The monoisotopic (exact) mass is 495 g/mol. The molecule has 0 aliphatic carbocycles. The molecule has 1 atom stereocenters. The summed E-state index contributed by atoms with van der Waals surface area (Å²) in [7, 11) is 3.91. The number of amides is 1. The van der Waals surface area contributed by atoms with Gasteiger partial charge in [-0.1, -0.05) is 38.1 Å². The third-order valence-corrected chi connectivity index (χ3v) is 6.62. The summed E-state index contributed by atoms with van der Waals surface area (Å²) in [5, 5.41) is 11.5. The topological polar surface area (TPSA) is 103 Å². The van der Waals surface area contributed by atoms with Crippen LogP contribution in [0.3, 0.4) is 0 Å². The second kappa shape index (κ2) is 11.1. The Hall–Kier alpha value is -3.39. The first kappa shape index (κ1) is 27.2. The third-order valence-electron chi connectivity index (χ3n) is 6.62. The number of nitrogens with one attached hydrogen (secondary N) is 1. The van der Waals surface area contributed by atoms with Crippen LogP contribution < -0.4 is 0 Å². The van der Waals surface area contributed by atoms with E-state index in [1.54, 1.807) is 25.7 Å². The van der Waals surface area contributed by atoms with Gasteiger partial charge in [-0.3, -0.25) is 9.59 Å². The van der Waals surface area contributed by atoms with Gasteiger partial charge in [0.1, 0.15) is 11.5 Å². The summed E-state index contributed by atoms with van der Waals surface area (Å²) in [6, 6.07) is 7.09. The molecule has 194 valence electrons. The van der Waals surface area contributed by atoms with Gasteiger partial charge in [0.15, 0.2) is 0 Å². The zero-order valence-electron chi connectivity index (χ0n) is 22.3. The summed E-state index contributed by atoms with van der Waals surface area (Å²) in [6.07, 6.45) is 0.676. The Bertz CT molecular complexity index is 1170. The number of rotatable bonds is 9. The SMILES string of the molecule is CCOC(=O)c1[nH]c(C)c(C(O)=C2C(=O)C(=O)N(CCCN(C)C)[C@H]2c2ccc(C(C)C)cc2)c1C. The van der Waals surface area contributed by atoms with Gasteiger partial charge < -0.3 is 24.6 Å². The lowest BCUT2D eigenvalue weighted by Gasteiger charge is -2.26. The number of benzene rings is 1. The molecule has 0 unspecified atom stereocenters. The van der Waals surface area contributed by atoms with Crippen molar-refractivity contribution in [3.63, 3.8) is 0 Å². The molecule has 1 fully saturated rings. The Morgan fingerprint density at radius 3 is 2.36 bits per heavy atom. The number of Topliss-reactive ketones (excluding diaryl/α,β-unsaturated/α-hetero) is 1. The van der Waals surface area contributed by atoms with Gasteiger partial charge in [0.2, 0.25) is 0 Å². The van der Waals surface area contributed by atoms with Crippen molar-refractivity contribution in [2.75, 3.05) is 33.8 Å². The number of aliphatic hydroxyl groups excluding tert-OH is 1. The van der Waals surface area contributed by atoms with E-state index in [1.165, 1.54) is 0 Å². The van der Waals surface area contributed by atoms with Crippen LogP contribution in [0.2, 0.25) is 0 Å². The largest absolute Gasteiger partial charge is 0.507 e. The van der Waals surface area contributed by atoms with E-state index in [4.69, 9.17) is 4.74 Å². The van der Waals surface area contributed by atoms with Crippen LogP contribution in [0.4, 0.5) is 0 Å². The van der Waals surface area contributed by atoms with E-state index in [0.717, 1.165) is 17.7 Å². The number of nitrogens with zero attached hydrogens (tertiary/aromatic N) is 2. The highest BCUT2D eigenvalue weighted by molar-refractivity contribution is 6.46. The average Bonchev–Trinajstić information content (AvgIpc) is 3.26. The molecular formula is C28H37N3O5. The number of esters is 1. The Balaban J connectivity index is 2.16. The molecule has 0 bridgehead atoms. The molecule has 36 heavy (non-hydrogen) atoms. The molecule has 2 N–H and O–H groups in total. The van der Waals surface area contributed by atoms with Gasteiger partial charge in [-0.15, -0.1) is 0 Å². The van der Waals surface area contributed by atoms with Crippen molar-refractivity contribution in [3.05, 3.63) is 63.5 Å². The van der Waals surface area contributed by atoms with Crippen LogP contribution in [-0.2, 0) is 14.3 Å². The van der Waals surface area contributed by atoms with E-state index in [0.29, 0.717) is 35.7 Å². The number of aromatic nitrogens is 1. The molecule has 2 aromatic rings. The quantitative estimate of drug-likeness (QED) is 0.233. The first-order valence-electron chi connectivity index (χ1n) is 12.4. The molecule has 1 aliphatic heterocycles. The minimum absolute atomic E-state index is 0.0303. The molecule has 1 aromatic carbocycles. The van der Waals surface area contributed by atoms with Gasteiger partial charge in [0.25, 0.3) is 11.7 Å². The van der Waals surface area contributed by atoms with E-state index in [1.807, 2.05) is 43.3 Å². The Kier molecular flexibility index (Phi) is 8.40. The number of carbonyl (C=O) groups is 3. The number of aliphatic hydroxyl groups is 1.